The minimum atomic E-state index is -0.430. The van der Waals surface area contributed by atoms with Crippen LogP contribution in [0.5, 0.6) is 0 Å². The molecule has 0 radical (unpaired) electrons. The second-order valence-electron chi connectivity index (χ2n) is 7.17. The molecule has 1 N–H and O–H groups in total. The molecule has 2 saturated heterocycles. The second-order valence-corrected chi connectivity index (χ2v) is 7.17. The Kier molecular flexibility index (Phi) is 3.29. The number of nitrogens with one attached hydrogen (secondary N) is 1. The zero-order valence-electron chi connectivity index (χ0n) is 13.3. The van der Waals surface area contributed by atoms with Crippen LogP contribution in [0.2, 0.25) is 0 Å². The highest BCUT2D eigenvalue weighted by molar-refractivity contribution is 5.90. The zero-order chi connectivity index (χ0) is 16.0. The monoisotopic (exact) mass is 310 g/mol. The average Bonchev–Trinajstić information content (AvgIpc) is 3.10. The Labute approximate surface area is 136 Å². The van der Waals surface area contributed by atoms with Gasteiger partial charge < -0.3 is 10.2 Å². The van der Waals surface area contributed by atoms with Crippen LogP contribution in [0, 0.1) is 5.41 Å². The molecule has 2 atom stereocenters. The highest BCUT2D eigenvalue weighted by atomic mass is 16.2. The number of hydrogen-bond donors (Lipinski definition) is 1. The zero-order valence-corrected chi connectivity index (χ0v) is 13.3. The maximum atomic E-state index is 13.1. The van der Waals surface area contributed by atoms with E-state index in [1.54, 1.807) is 0 Å². The normalized spacial score (nSPS) is 29.7. The van der Waals surface area contributed by atoms with Gasteiger partial charge in [-0.3, -0.25) is 9.59 Å². The first-order chi connectivity index (χ1) is 11.1. The van der Waals surface area contributed by atoms with Gasteiger partial charge in [0.15, 0.2) is 0 Å². The first-order valence-electron chi connectivity index (χ1n) is 8.45. The summed E-state index contributed by atoms with van der Waals surface area (Å²) in [5.74, 6) is 0.198. The van der Waals surface area contributed by atoms with E-state index in [4.69, 9.17) is 0 Å². The van der Waals surface area contributed by atoms with Gasteiger partial charge in [-0.15, -0.1) is 0 Å². The lowest BCUT2D eigenvalue weighted by Gasteiger charge is -2.29. The van der Waals surface area contributed by atoms with E-state index in [1.165, 1.54) is 11.1 Å². The topological polar surface area (TPSA) is 49.4 Å². The molecule has 0 bridgehead atoms. The van der Waals surface area contributed by atoms with Crippen molar-refractivity contribution in [3.8, 4) is 0 Å². The van der Waals surface area contributed by atoms with Crippen LogP contribution in [0.15, 0.2) is 36.5 Å². The van der Waals surface area contributed by atoms with Gasteiger partial charge in [-0.2, -0.15) is 0 Å². The third kappa shape index (κ3) is 2.28. The first-order valence-corrected chi connectivity index (χ1v) is 8.45. The maximum absolute atomic E-state index is 13.1. The van der Waals surface area contributed by atoms with Crippen molar-refractivity contribution in [3.05, 3.63) is 47.7 Å². The van der Waals surface area contributed by atoms with Gasteiger partial charge in [-0.1, -0.05) is 30.8 Å². The number of likely N-dealkylation sites (tertiary alicyclic amines) is 1. The molecule has 2 heterocycles. The number of allylic oxidation sites excluding steroid dienone is 1. The molecule has 1 aromatic carbocycles. The van der Waals surface area contributed by atoms with Crippen molar-refractivity contribution in [2.75, 3.05) is 13.1 Å². The van der Waals surface area contributed by atoms with Crippen LogP contribution >= 0.6 is 0 Å². The number of rotatable bonds is 1. The summed E-state index contributed by atoms with van der Waals surface area (Å²) in [6.07, 6.45) is 4.45. The molecule has 2 unspecified atom stereocenters. The van der Waals surface area contributed by atoms with Crippen molar-refractivity contribution >= 4 is 11.8 Å². The summed E-state index contributed by atoms with van der Waals surface area (Å²) in [7, 11) is 0. The smallest absolute Gasteiger partial charge is 0.232 e. The van der Waals surface area contributed by atoms with Gasteiger partial charge in [0.05, 0.1) is 11.3 Å². The summed E-state index contributed by atoms with van der Waals surface area (Å²) < 4.78 is 0. The van der Waals surface area contributed by atoms with Crippen LogP contribution in [0.1, 0.15) is 42.7 Å². The number of hydrogen-bond acceptors (Lipinski definition) is 2. The summed E-state index contributed by atoms with van der Waals surface area (Å²) in [4.78, 5) is 27.2. The third-order valence-corrected chi connectivity index (χ3v) is 5.66. The lowest BCUT2D eigenvalue weighted by atomic mass is 9.82. The number of fused-ring (bicyclic) bond motifs is 1. The number of carbonyl (C=O) groups excluding carboxylic acids is 2. The van der Waals surface area contributed by atoms with Crippen LogP contribution in [0.25, 0.3) is 0 Å². The van der Waals surface area contributed by atoms with Crippen LogP contribution in [-0.4, -0.2) is 29.8 Å². The van der Waals surface area contributed by atoms with E-state index in [0.29, 0.717) is 19.5 Å². The lowest BCUT2D eigenvalue weighted by molar-refractivity contribution is -0.133. The Hall–Kier alpha value is -2.10. The van der Waals surface area contributed by atoms with Crippen LogP contribution < -0.4 is 5.32 Å². The van der Waals surface area contributed by atoms with Crippen molar-refractivity contribution in [3.63, 3.8) is 0 Å². The van der Waals surface area contributed by atoms with E-state index in [0.717, 1.165) is 31.4 Å². The quantitative estimate of drug-likeness (QED) is 0.865. The Morgan fingerprint density at radius 3 is 2.96 bits per heavy atom. The molecule has 4 rings (SSSR count). The molecule has 1 spiro atoms. The molecule has 0 saturated carbocycles. The van der Waals surface area contributed by atoms with Gasteiger partial charge in [0.2, 0.25) is 11.8 Å². The molecule has 1 aromatic rings. The van der Waals surface area contributed by atoms with Gasteiger partial charge in [0, 0.05) is 25.2 Å². The molecular formula is C19H22N2O2. The molecule has 2 fully saturated rings. The highest BCUT2D eigenvalue weighted by Crippen LogP contribution is 2.42. The standard InChI is InChI=1S/C19H22N2O2/c1-13-11-19(18(23)20-13)9-10-21(12-19)17(22)16-8-4-6-14-5-2-3-7-15(14)16/h2-3,5,7,16H,1,4,6,8-12H2,(H,20,23). The van der Waals surface area contributed by atoms with Gasteiger partial charge in [0.1, 0.15) is 0 Å². The number of benzene rings is 1. The van der Waals surface area contributed by atoms with Crippen LogP contribution in [-0.2, 0) is 16.0 Å². The Bertz CT molecular complexity index is 696. The van der Waals surface area contributed by atoms with E-state index < -0.39 is 5.41 Å². The minimum Gasteiger partial charge on any atom is -0.341 e. The highest BCUT2D eigenvalue weighted by Gasteiger charge is 2.50. The SMILES string of the molecule is C=C1CC2(CCN(C(=O)C3CCCc4ccccc43)C2)C(=O)N1. The molecule has 4 heteroatoms. The Balaban J connectivity index is 1.55. The lowest BCUT2D eigenvalue weighted by Crippen LogP contribution is -2.39. The van der Waals surface area contributed by atoms with Gasteiger partial charge in [-0.25, -0.2) is 0 Å². The molecule has 120 valence electrons. The summed E-state index contributed by atoms with van der Waals surface area (Å²) in [6, 6.07) is 8.29. The molecule has 2 amide bonds. The van der Waals surface area contributed by atoms with Crippen molar-refractivity contribution in [1.82, 2.24) is 10.2 Å². The molecule has 0 aromatic heterocycles. The van der Waals surface area contributed by atoms with Crippen LogP contribution in [0.4, 0.5) is 0 Å². The predicted octanol–water partition coefficient (Wildman–Crippen LogP) is 2.36. The fourth-order valence-electron chi connectivity index (χ4n) is 4.45. The molecule has 4 nitrogen and oxygen atoms in total. The minimum absolute atomic E-state index is 0.0391. The number of aryl methyl sites for hydroxylation is 1. The van der Waals surface area contributed by atoms with E-state index in [-0.39, 0.29) is 17.7 Å². The maximum Gasteiger partial charge on any atom is 0.232 e. The number of amides is 2. The number of nitrogens with zero attached hydrogens (tertiary/aromatic N) is 1. The molecule has 2 aliphatic heterocycles. The predicted molar refractivity (Wildman–Crippen MR) is 87.7 cm³/mol. The van der Waals surface area contributed by atoms with Crippen LogP contribution in [0.3, 0.4) is 0 Å². The van der Waals surface area contributed by atoms with Crippen molar-refractivity contribution in [1.29, 1.82) is 0 Å². The summed E-state index contributed by atoms with van der Waals surface area (Å²) in [6.45, 7) is 5.09. The summed E-state index contributed by atoms with van der Waals surface area (Å²) in [5.41, 5.74) is 2.84. The largest absolute Gasteiger partial charge is 0.341 e. The third-order valence-electron chi connectivity index (χ3n) is 5.66. The van der Waals surface area contributed by atoms with Crippen molar-refractivity contribution in [2.45, 2.75) is 38.0 Å². The van der Waals surface area contributed by atoms with E-state index in [2.05, 4.69) is 24.0 Å². The van der Waals surface area contributed by atoms with E-state index in [9.17, 15) is 9.59 Å². The van der Waals surface area contributed by atoms with Gasteiger partial charge in [0.25, 0.3) is 0 Å². The van der Waals surface area contributed by atoms with E-state index in [1.807, 2.05) is 17.0 Å². The average molecular weight is 310 g/mol. The van der Waals surface area contributed by atoms with Crippen molar-refractivity contribution in [2.24, 2.45) is 5.41 Å². The molecule has 3 aliphatic rings. The summed E-state index contributed by atoms with van der Waals surface area (Å²) >= 11 is 0. The fraction of sp³-hybridized carbons (Fsp3) is 0.474. The molecule has 1 aliphatic carbocycles. The Morgan fingerprint density at radius 1 is 1.35 bits per heavy atom. The number of carbonyl (C=O) groups is 2. The Morgan fingerprint density at radius 2 is 2.17 bits per heavy atom. The van der Waals surface area contributed by atoms with E-state index >= 15 is 0 Å². The molecule has 23 heavy (non-hydrogen) atoms. The first kappa shape index (κ1) is 14.5. The molecular weight excluding hydrogens is 288 g/mol. The van der Waals surface area contributed by atoms with Gasteiger partial charge >= 0.3 is 0 Å². The van der Waals surface area contributed by atoms with Gasteiger partial charge in [-0.05, 0) is 36.8 Å². The van der Waals surface area contributed by atoms with Crippen molar-refractivity contribution < 1.29 is 9.59 Å². The second kappa shape index (κ2) is 5.22. The summed E-state index contributed by atoms with van der Waals surface area (Å²) in [5, 5.41) is 2.83. The fourth-order valence-corrected chi connectivity index (χ4v) is 4.45.